The van der Waals surface area contributed by atoms with Gasteiger partial charge in [-0.25, -0.2) is 4.79 Å². The average molecular weight is 423 g/mol. The van der Waals surface area contributed by atoms with Crippen LogP contribution in [0.15, 0.2) is 80.6 Å². The van der Waals surface area contributed by atoms with Crippen molar-refractivity contribution in [2.75, 3.05) is 5.32 Å². The quantitative estimate of drug-likeness (QED) is 0.446. The smallest absolute Gasteiger partial charge is 0.355 e. The Hall–Kier alpha value is -4.97. The fourth-order valence-electron chi connectivity index (χ4n) is 3.36. The predicted octanol–water partition coefficient (Wildman–Crippen LogP) is 3.96. The van der Waals surface area contributed by atoms with E-state index in [4.69, 9.17) is 4.52 Å². The first-order valence-electron chi connectivity index (χ1n) is 9.49. The van der Waals surface area contributed by atoms with Gasteiger partial charge in [0.15, 0.2) is 17.1 Å². The van der Waals surface area contributed by atoms with Gasteiger partial charge in [0.2, 0.25) is 0 Å². The topological polar surface area (TPSA) is 138 Å². The third kappa shape index (κ3) is 3.42. The molecule has 154 valence electrons. The van der Waals surface area contributed by atoms with E-state index in [1.54, 1.807) is 6.07 Å². The van der Waals surface area contributed by atoms with Gasteiger partial charge in [0.05, 0.1) is 22.7 Å². The van der Waals surface area contributed by atoms with Crippen LogP contribution in [0.5, 0.6) is 0 Å². The summed E-state index contributed by atoms with van der Waals surface area (Å²) in [4.78, 5) is 26.7. The van der Waals surface area contributed by atoms with Crippen LogP contribution in [-0.2, 0) is 0 Å². The molecule has 0 aliphatic heterocycles. The number of nitrogens with zero attached hydrogens (tertiary/aromatic N) is 3. The summed E-state index contributed by atoms with van der Waals surface area (Å²) in [6, 6.07) is 21.8. The lowest BCUT2D eigenvalue weighted by Crippen LogP contribution is -2.13. The van der Waals surface area contributed by atoms with E-state index < -0.39 is 11.7 Å². The van der Waals surface area contributed by atoms with Gasteiger partial charge in [-0.15, -0.1) is 0 Å². The number of carbonyl (C=O) groups excluding carboxylic acids is 1. The molecule has 0 unspecified atom stereocenters. The molecule has 0 fully saturated rings. The molecule has 32 heavy (non-hydrogen) atoms. The Labute approximate surface area is 179 Å². The maximum absolute atomic E-state index is 13.0. The number of amides is 1. The van der Waals surface area contributed by atoms with Gasteiger partial charge in [-0.1, -0.05) is 46.7 Å². The Kier molecular flexibility index (Phi) is 4.58. The molecule has 9 nitrogen and oxygen atoms in total. The van der Waals surface area contributed by atoms with E-state index >= 15 is 0 Å². The summed E-state index contributed by atoms with van der Waals surface area (Å²) in [6.45, 7) is 0. The number of hydrogen-bond donors (Lipinski definition) is 2. The number of nitriles is 1. The highest BCUT2D eigenvalue weighted by Crippen LogP contribution is 2.29. The minimum atomic E-state index is -0.753. The summed E-state index contributed by atoms with van der Waals surface area (Å²) in [6.07, 6.45) is 0. The van der Waals surface area contributed by atoms with E-state index in [1.165, 1.54) is 18.2 Å². The highest BCUT2D eigenvalue weighted by atomic mass is 16.5. The number of aromatic amines is 1. The first-order valence-corrected chi connectivity index (χ1v) is 9.49. The molecule has 5 rings (SSSR count). The lowest BCUT2D eigenvalue weighted by atomic mass is 10.0. The van der Waals surface area contributed by atoms with Crippen molar-refractivity contribution in [3.63, 3.8) is 0 Å². The van der Waals surface area contributed by atoms with Crippen molar-refractivity contribution in [1.29, 1.82) is 5.26 Å². The Morgan fingerprint density at radius 3 is 2.56 bits per heavy atom. The highest BCUT2D eigenvalue weighted by molar-refractivity contribution is 6.12. The fraction of sp³-hybridized carbons (Fsp3) is 0. The number of anilines is 1. The van der Waals surface area contributed by atoms with Crippen LogP contribution in [0.2, 0.25) is 0 Å². The summed E-state index contributed by atoms with van der Waals surface area (Å²) in [7, 11) is 0. The van der Waals surface area contributed by atoms with Gasteiger partial charge in [-0.05, 0) is 41.5 Å². The molecule has 9 heteroatoms. The lowest BCUT2D eigenvalue weighted by molar-refractivity contribution is 0.102. The van der Waals surface area contributed by atoms with Crippen LogP contribution in [0.25, 0.3) is 33.5 Å². The number of nitrogens with one attached hydrogen (secondary N) is 2. The van der Waals surface area contributed by atoms with Crippen LogP contribution in [0.1, 0.15) is 16.1 Å². The van der Waals surface area contributed by atoms with Crippen molar-refractivity contribution < 1.29 is 13.8 Å². The highest BCUT2D eigenvalue weighted by Gasteiger charge is 2.20. The maximum atomic E-state index is 13.0. The summed E-state index contributed by atoms with van der Waals surface area (Å²) in [5, 5.41) is 20.0. The maximum Gasteiger partial charge on any atom is 0.439 e. The van der Waals surface area contributed by atoms with Gasteiger partial charge in [0.25, 0.3) is 5.91 Å². The first kappa shape index (κ1) is 19.0. The van der Waals surface area contributed by atoms with Crippen molar-refractivity contribution in [1.82, 2.24) is 15.3 Å². The zero-order valence-electron chi connectivity index (χ0n) is 16.3. The van der Waals surface area contributed by atoms with Crippen LogP contribution in [-0.4, -0.2) is 21.2 Å². The van der Waals surface area contributed by atoms with E-state index in [-0.39, 0.29) is 11.5 Å². The molecule has 0 atom stereocenters. The van der Waals surface area contributed by atoms with Crippen LogP contribution < -0.4 is 11.1 Å². The van der Waals surface area contributed by atoms with E-state index in [9.17, 15) is 14.9 Å². The molecule has 0 aliphatic rings. The van der Waals surface area contributed by atoms with Crippen molar-refractivity contribution in [3.05, 3.63) is 88.5 Å². The minimum absolute atomic E-state index is 0.0833. The second kappa shape index (κ2) is 7.70. The normalized spacial score (nSPS) is 10.7. The zero-order chi connectivity index (χ0) is 22.1. The second-order valence-electron chi connectivity index (χ2n) is 6.88. The Morgan fingerprint density at radius 2 is 1.81 bits per heavy atom. The van der Waals surface area contributed by atoms with Crippen LogP contribution >= 0.6 is 0 Å². The summed E-state index contributed by atoms with van der Waals surface area (Å²) in [5.74, 6) is -1.19. The van der Waals surface area contributed by atoms with Gasteiger partial charge in [-0.2, -0.15) is 5.26 Å². The fourth-order valence-corrected chi connectivity index (χ4v) is 3.36. The number of H-pyrrole nitrogens is 1. The van der Waals surface area contributed by atoms with Gasteiger partial charge in [-0.3, -0.25) is 14.3 Å². The van der Waals surface area contributed by atoms with E-state index in [1.807, 2.05) is 48.5 Å². The number of aromatic nitrogens is 3. The Bertz CT molecular complexity index is 1560. The summed E-state index contributed by atoms with van der Waals surface area (Å²) in [5.41, 5.74) is 3.48. The minimum Gasteiger partial charge on any atom is -0.355 e. The summed E-state index contributed by atoms with van der Waals surface area (Å²) >= 11 is 0. The Morgan fingerprint density at radius 1 is 0.969 bits per heavy atom. The van der Waals surface area contributed by atoms with E-state index in [0.29, 0.717) is 27.8 Å². The number of carbonyl (C=O) groups is 1. The number of fused-ring (bicyclic) bond motifs is 1. The van der Waals surface area contributed by atoms with Crippen LogP contribution in [0.3, 0.4) is 0 Å². The van der Waals surface area contributed by atoms with Gasteiger partial charge in [0.1, 0.15) is 0 Å². The zero-order valence-corrected chi connectivity index (χ0v) is 16.3. The predicted molar refractivity (Wildman–Crippen MR) is 115 cm³/mol. The molecule has 2 heterocycles. The molecule has 2 N–H and O–H groups in total. The molecule has 3 aromatic carbocycles. The standard InChI is InChI=1S/C23H13N5O4/c24-12-13-6-9-18(17(10-13)21-26-23(30)32-28-21)25-22(29)20-16-8-7-15(11-19(16)31-27-20)14-4-2-1-3-5-14/h1-11H,(H,25,29)(H,26,28,30). The van der Waals surface area contributed by atoms with Crippen LogP contribution in [0, 0.1) is 11.3 Å². The van der Waals surface area contributed by atoms with Gasteiger partial charge in [0, 0.05) is 5.56 Å². The lowest BCUT2D eigenvalue weighted by Gasteiger charge is -2.08. The molecule has 0 saturated heterocycles. The third-order valence-corrected chi connectivity index (χ3v) is 4.89. The largest absolute Gasteiger partial charge is 0.439 e. The molecule has 1 amide bonds. The van der Waals surface area contributed by atoms with Crippen molar-refractivity contribution in [3.8, 4) is 28.6 Å². The molecule has 5 aromatic rings. The number of benzene rings is 3. The summed E-state index contributed by atoms with van der Waals surface area (Å²) < 4.78 is 9.94. The number of hydrogen-bond acceptors (Lipinski definition) is 7. The molecule has 0 saturated carbocycles. The molecule has 0 bridgehead atoms. The first-order chi connectivity index (χ1) is 15.6. The third-order valence-electron chi connectivity index (χ3n) is 4.89. The van der Waals surface area contributed by atoms with Crippen molar-refractivity contribution in [2.45, 2.75) is 0 Å². The molecule has 2 aromatic heterocycles. The van der Waals surface area contributed by atoms with Crippen molar-refractivity contribution >= 4 is 22.6 Å². The van der Waals surface area contributed by atoms with Gasteiger partial charge < -0.3 is 9.84 Å². The van der Waals surface area contributed by atoms with Crippen molar-refractivity contribution in [2.24, 2.45) is 0 Å². The molecule has 0 spiro atoms. The van der Waals surface area contributed by atoms with E-state index in [0.717, 1.165) is 11.1 Å². The van der Waals surface area contributed by atoms with Crippen LogP contribution in [0.4, 0.5) is 5.69 Å². The number of rotatable bonds is 4. The SMILES string of the molecule is N#Cc1ccc(NC(=O)c2noc3cc(-c4ccccc4)ccc23)c(-c2noc(=O)[nH]2)c1. The monoisotopic (exact) mass is 423 g/mol. The van der Waals surface area contributed by atoms with Gasteiger partial charge >= 0.3 is 5.76 Å². The molecular weight excluding hydrogens is 410 g/mol. The molecule has 0 aliphatic carbocycles. The molecule has 0 radical (unpaired) electrons. The average Bonchev–Trinajstić information content (AvgIpc) is 3.45. The molecular formula is C23H13N5O4. The Balaban J connectivity index is 1.49. The second-order valence-corrected chi connectivity index (χ2v) is 6.88. The van der Waals surface area contributed by atoms with E-state index in [2.05, 4.69) is 25.1 Å².